The molecule has 2 aromatic carbocycles. The summed E-state index contributed by atoms with van der Waals surface area (Å²) >= 11 is 0. The first-order valence-electron chi connectivity index (χ1n) is 12.5. The van der Waals surface area contributed by atoms with Crippen molar-refractivity contribution in [2.75, 3.05) is 18.9 Å². The largest absolute Gasteiger partial charge is 0.482 e. The van der Waals surface area contributed by atoms with Gasteiger partial charge in [-0.3, -0.25) is 4.79 Å². The number of benzene rings is 2. The summed E-state index contributed by atoms with van der Waals surface area (Å²) in [6.45, 7) is 0.588. The molecule has 5 N–H and O–H groups in total. The van der Waals surface area contributed by atoms with Crippen molar-refractivity contribution < 1.29 is 27.9 Å². The number of carboxylic acid groups (broad SMARTS) is 1. The molecule has 1 aliphatic heterocycles. The fourth-order valence-corrected chi connectivity index (χ4v) is 6.29. The number of amides is 1. The summed E-state index contributed by atoms with van der Waals surface area (Å²) < 4.78 is 36.8. The first-order valence-corrected chi connectivity index (χ1v) is 13.9. The molecule has 0 aliphatic carbocycles. The number of carbonyl (C=O) groups excluding carboxylic acids is 1. The van der Waals surface area contributed by atoms with Gasteiger partial charge in [0.15, 0.2) is 6.61 Å². The second kappa shape index (κ2) is 10.8. The second-order valence-corrected chi connectivity index (χ2v) is 11.1. The molecule has 0 bridgehead atoms. The van der Waals surface area contributed by atoms with E-state index >= 15 is 0 Å². The number of nitrogen functional groups attached to an aromatic ring is 1. The van der Waals surface area contributed by atoms with Gasteiger partial charge in [-0.1, -0.05) is 12.1 Å². The maximum atomic E-state index is 13.8. The van der Waals surface area contributed by atoms with Crippen molar-refractivity contribution in [3.05, 3.63) is 78.1 Å². The lowest BCUT2D eigenvalue weighted by atomic mass is 9.98. The SMILES string of the molecule is Nc1cccn1CCC(NS(=O)(=O)c1cccc2[nH]ccc12)C(=O)N1CCc2cc(OCC(=O)O)ccc2C1. The van der Waals surface area contributed by atoms with Crippen molar-refractivity contribution in [1.82, 2.24) is 19.2 Å². The highest BCUT2D eigenvalue weighted by Crippen LogP contribution is 2.26. The molecule has 0 fully saturated rings. The van der Waals surface area contributed by atoms with Crippen molar-refractivity contribution >= 4 is 38.6 Å². The molecule has 0 spiro atoms. The van der Waals surface area contributed by atoms with Crippen LogP contribution >= 0.6 is 0 Å². The molecule has 2 aromatic heterocycles. The molecule has 12 heteroatoms. The zero-order valence-electron chi connectivity index (χ0n) is 21.0. The van der Waals surface area contributed by atoms with Crippen LogP contribution < -0.4 is 15.2 Å². The number of hydrogen-bond donors (Lipinski definition) is 4. The number of anilines is 1. The van der Waals surface area contributed by atoms with Crippen LogP contribution in [0.1, 0.15) is 17.5 Å². The standard InChI is InChI=1S/C27H29N5O6S/c28-25-5-2-12-31(25)14-10-23(30-39(36,37)24-4-1-3-22-21(24)8-11-29-22)27(35)32-13-9-18-15-20(38-17-26(33)34)7-6-19(18)16-32/h1-8,11-12,15,23,29-30H,9-10,13-14,16-17,28H2,(H,33,34). The Balaban J connectivity index is 1.37. The van der Waals surface area contributed by atoms with Crippen molar-refractivity contribution in [1.29, 1.82) is 0 Å². The highest BCUT2D eigenvalue weighted by molar-refractivity contribution is 7.89. The number of sulfonamides is 1. The lowest BCUT2D eigenvalue weighted by Crippen LogP contribution is -2.50. The minimum absolute atomic E-state index is 0.0948. The number of aromatic nitrogens is 2. The number of H-pyrrole nitrogens is 1. The molecule has 204 valence electrons. The lowest BCUT2D eigenvalue weighted by molar-refractivity contribution is -0.139. The molecule has 1 atom stereocenters. The Labute approximate surface area is 225 Å². The smallest absolute Gasteiger partial charge is 0.341 e. The maximum Gasteiger partial charge on any atom is 0.341 e. The molecule has 39 heavy (non-hydrogen) atoms. The molecular weight excluding hydrogens is 522 g/mol. The molecule has 1 aliphatic rings. The summed E-state index contributed by atoms with van der Waals surface area (Å²) in [5.74, 6) is -0.423. The fourth-order valence-electron chi connectivity index (χ4n) is 4.85. The van der Waals surface area contributed by atoms with E-state index in [4.69, 9.17) is 15.6 Å². The van der Waals surface area contributed by atoms with Crippen LogP contribution in [0.15, 0.2) is 71.9 Å². The summed E-state index contributed by atoms with van der Waals surface area (Å²) in [5.41, 5.74) is 8.53. The van der Waals surface area contributed by atoms with Crippen LogP contribution in [0.4, 0.5) is 5.82 Å². The number of carboxylic acids is 1. The van der Waals surface area contributed by atoms with E-state index in [-0.39, 0.29) is 17.2 Å². The number of aryl methyl sites for hydroxylation is 1. The van der Waals surface area contributed by atoms with Crippen molar-refractivity contribution in [2.45, 2.75) is 36.9 Å². The summed E-state index contributed by atoms with van der Waals surface area (Å²) in [6.07, 6.45) is 4.18. The van der Waals surface area contributed by atoms with Gasteiger partial charge < -0.3 is 30.0 Å². The normalized spacial score (nSPS) is 14.2. The number of hydrogen-bond acceptors (Lipinski definition) is 6. The fraction of sp³-hybridized carbons (Fsp3) is 0.259. The maximum absolute atomic E-state index is 13.8. The number of ether oxygens (including phenoxy) is 1. The van der Waals surface area contributed by atoms with Gasteiger partial charge in [-0.05, 0) is 66.4 Å². The minimum atomic E-state index is -4.04. The molecule has 0 radical (unpaired) electrons. The van der Waals surface area contributed by atoms with Crippen LogP contribution in [0, 0.1) is 0 Å². The van der Waals surface area contributed by atoms with E-state index in [0.717, 1.165) is 11.1 Å². The highest BCUT2D eigenvalue weighted by atomic mass is 32.2. The quantitative estimate of drug-likeness (QED) is 0.235. The Morgan fingerprint density at radius 3 is 2.74 bits per heavy atom. The van der Waals surface area contributed by atoms with Crippen LogP contribution in [0.2, 0.25) is 0 Å². The van der Waals surface area contributed by atoms with Gasteiger partial charge in [0.1, 0.15) is 17.6 Å². The number of rotatable bonds is 10. The van der Waals surface area contributed by atoms with Gasteiger partial charge in [0.05, 0.1) is 4.90 Å². The summed E-state index contributed by atoms with van der Waals surface area (Å²) in [7, 11) is -4.04. The van der Waals surface area contributed by atoms with Gasteiger partial charge in [-0.15, -0.1) is 0 Å². The third kappa shape index (κ3) is 5.76. The van der Waals surface area contributed by atoms with Gasteiger partial charge in [0, 0.05) is 42.9 Å². The van der Waals surface area contributed by atoms with E-state index < -0.39 is 28.6 Å². The van der Waals surface area contributed by atoms with E-state index in [1.165, 1.54) is 6.07 Å². The number of aromatic amines is 1. The molecule has 1 unspecified atom stereocenters. The first kappa shape index (κ1) is 26.3. The third-order valence-corrected chi connectivity index (χ3v) is 8.36. The van der Waals surface area contributed by atoms with Gasteiger partial charge in [0.2, 0.25) is 15.9 Å². The van der Waals surface area contributed by atoms with Gasteiger partial charge in [-0.2, -0.15) is 4.72 Å². The molecule has 5 rings (SSSR count). The lowest BCUT2D eigenvalue weighted by Gasteiger charge is -2.32. The summed E-state index contributed by atoms with van der Waals surface area (Å²) in [6, 6.07) is 14.4. The molecule has 0 saturated heterocycles. The number of fused-ring (bicyclic) bond motifs is 2. The average molecular weight is 552 g/mol. The van der Waals surface area contributed by atoms with Crippen LogP contribution in [-0.2, 0) is 39.1 Å². The topological polar surface area (TPSA) is 160 Å². The first-order chi connectivity index (χ1) is 18.7. The van der Waals surface area contributed by atoms with Crippen LogP contribution in [0.5, 0.6) is 5.75 Å². The Morgan fingerprint density at radius 1 is 1.13 bits per heavy atom. The number of aliphatic carboxylic acids is 1. The molecule has 4 aromatic rings. The predicted molar refractivity (Wildman–Crippen MR) is 145 cm³/mol. The van der Waals surface area contributed by atoms with Gasteiger partial charge in [-0.25, -0.2) is 13.2 Å². The Bertz CT molecular complexity index is 1630. The van der Waals surface area contributed by atoms with Crippen LogP contribution in [0.3, 0.4) is 0 Å². The zero-order chi connectivity index (χ0) is 27.6. The molecular formula is C27H29N5O6S. The predicted octanol–water partition coefficient (Wildman–Crippen LogP) is 2.34. The van der Waals surface area contributed by atoms with Crippen molar-refractivity contribution in [3.8, 4) is 5.75 Å². The second-order valence-electron chi connectivity index (χ2n) is 9.41. The third-order valence-electron chi connectivity index (χ3n) is 6.83. The van der Waals surface area contributed by atoms with E-state index in [2.05, 4.69) is 9.71 Å². The average Bonchev–Trinajstić information content (AvgIpc) is 3.57. The van der Waals surface area contributed by atoms with E-state index in [9.17, 15) is 18.0 Å². The summed E-state index contributed by atoms with van der Waals surface area (Å²) in [4.78, 5) is 29.3. The number of nitrogens with one attached hydrogen (secondary N) is 2. The van der Waals surface area contributed by atoms with Gasteiger partial charge >= 0.3 is 5.97 Å². The van der Waals surface area contributed by atoms with Crippen molar-refractivity contribution in [3.63, 3.8) is 0 Å². The zero-order valence-corrected chi connectivity index (χ0v) is 21.9. The highest BCUT2D eigenvalue weighted by Gasteiger charge is 2.32. The Hall–Kier alpha value is -4.29. The van der Waals surface area contributed by atoms with Crippen molar-refractivity contribution in [2.24, 2.45) is 0 Å². The van der Waals surface area contributed by atoms with E-state index in [1.807, 2.05) is 0 Å². The Kier molecular flexibility index (Phi) is 7.31. The van der Waals surface area contributed by atoms with E-state index in [1.54, 1.807) is 70.4 Å². The monoisotopic (exact) mass is 551 g/mol. The minimum Gasteiger partial charge on any atom is -0.482 e. The molecule has 3 heterocycles. The summed E-state index contributed by atoms with van der Waals surface area (Å²) in [5, 5.41) is 9.39. The Morgan fingerprint density at radius 2 is 1.97 bits per heavy atom. The molecule has 11 nitrogen and oxygen atoms in total. The van der Waals surface area contributed by atoms with E-state index in [0.29, 0.717) is 48.5 Å². The van der Waals surface area contributed by atoms with Gasteiger partial charge in [0.25, 0.3) is 0 Å². The molecule has 0 saturated carbocycles. The number of nitrogens with zero attached hydrogens (tertiary/aromatic N) is 2. The van der Waals surface area contributed by atoms with Crippen LogP contribution in [-0.4, -0.2) is 59.0 Å². The molecule has 1 amide bonds. The number of nitrogens with two attached hydrogens (primary N) is 1. The number of carbonyl (C=O) groups is 2. The van der Waals surface area contributed by atoms with Crippen LogP contribution in [0.25, 0.3) is 10.9 Å².